The third kappa shape index (κ3) is 2.21. The molecule has 3 N–H and O–H groups in total. The van der Waals surface area contributed by atoms with E-state index in [1.54, 1.807) is 0 Å². The quantitative estimate of drug-likeness (QED) is 0.377. The first-order valence-electron chi connectivity index (χ1n) is 5.82. The maximum absolute atomic E-state index is 14.7. The van der Waals surface area contributed by atoms with Crippen LogP contribution in [0.3, 0.4) is 0 Å². The molecule has 1 aliphatic rings. The minimum absolute atomic E-state index is 0.689. The molecule has 0 bridgehead atoms. The summed E-state index contributed by atoms with van der Waals surface area (Å²) in [6.45, 7) is -0.0729. The van der Waals surface area contributed by atoms with Crippen LogP contribution < -0.4 is 11.2 Å². The molecule has 1 fully saturated rings. The molecule has 1 aliphatic heterocycles. The lowest BCUT2D eigenvalue weighted by molar-refractivity contribution is -0.125. The van der Waals surface area contributed by atoms with E-state index in [-0.39, 0.29) is 0 Å². The van der Waals surface area contributed by atoms with E-state index in [0.29, 0.717) is 4.57 Å². The highest BCUT2D eigenvalue weighted by Gasteiger charge is 2.63. The third-order valence-corrected chi connectivity index (χ3v) is 3.30. The van der Waals surface area contributed by atoms with Crippen molar-refractivity contribution in [3.63, 3.8) is 0 Å². The highest BCUT2D eigenvalue weighted by Crippen LogP contribution is 2.46. The first-order chi connectivity index (χ1) is 9.78. The lowest BCUT2D eigenvalue weighted by Gasteiger charge is -2.26. The summed E-state index contributed by atoms with van der Waals surface area (Å²) >= 11 is 0. The van der Waals surface area contributed by atoms with Crippen LogP contribution >= 0.6 is 0 Å². The van der Waals surface area contributed by atoms with Crippen molar-refractivity contribution in [2.24, 2.45) is 5.11 Å². The van der Waals surface area contributed by atoms with Crippen LogP contribution in [-0.2, 0) is 4.74 Å². The van der Waals surface area contributed by atoms with Gasteiger partial charge in [0.05, 0.1) is 6.61 Å². The molecule has 0 spiro atoms. The molecule has 11 heteroatoms. The minimum Gasteiger partial charge on any atom is -0.393 e. The highest BCUT2D eigenvalue weighted by atomic mass is 19.1. The highest BCUT2D eigenvalue weighted by molar-refractivity contribution is 5.07. The second kappa shape index (κ2) is 4.97. The van der Waals surface area contributed by atoms with Crippen LogP contribution in [0, 0.1) is 0 Å². The van der Waals surface area contributed by atoms with Gasteiger partial charge in [-0.25, -0.2) is 9.18 Å². The molecule has 114 valence electrons. The van der Waals surface area contributed by atoms with Gasteiger partial charge in [0, 0.05) is 17.2 Å². The number of hydrogen-bond acceptors (Lipinski definition) is 6. The second-order valence-corrected chi connectivity index (χ2v) is 4.73. The number of rotatable bonds is 3. The largest absolute Gasteiger partial charge is 0.393 e. The summed E-state index contributed by atoms with van der Waals surface area (Å²) in [4.78, 5) is 27.0. The number of aliphatic hydroxyl groups is 2. The van der Waals surface area contributed by atoms with E-state index < -0.39 is 41.6 Å². The fraction of sp³-hybridized carbons (Fsp3) is 0.600. The van der Waals surface area contributed by atoms with Gasteiger partial charge in [0.1, 0.15) is 6.10 Å². The number of nitrogens with one attached hydrogen (secondary N) is 1. The summed E-state index contributed by atoms with van der Waals surface area (Å²) in [5.74, 6) is 0. The zero-order valence-corrected chi connectivity index (χ0v) is 10.8. The molecule has 10 nitrogen and oxygen atoms in total. The molecule has 0 saturated carbocycles. The number of aromatic amines is 1. The molecule has 21 heavy (non-hydrogen) atoms. The lowest BCUT2D eigenvalue weighted by Crippen LogP contribution is -2.48. The van der Waals surface area contributed by atoms with Crippen LogP contribution in [0.15, 0.2) is 27.0 Å². The molecule has 1 aromatic heterocycles. The molecular formula is C10H12FN5O5. The molecule has 0 aromatic carbocycles. The van der Waals surface area contributed by atoms with Gasteiger partial charge in [-0.3, -0.25) is 14.3 Å². The monoisotopic (exact) mass is 301 g/mol. The van der Waals surface area contributed by atoms with Crippen LogP contribution in [0.2, 0.25) is 0 Å². The zero-order chi connectivity index (χ0) is 15.8. The van der Waals surface area contributed by atoms with E-state index in [2.05, 4.69) is 10.0 Å². The Balaban J connectivity index is 2.58. The third-order valence-electron chi connectivity index (χ3n) is 3.30. The molecule has 0 radical (unpaired) electrons. The van der Waals surface area contributed by atoms with Gasteiger partial charge in [0.15, 0.2) is 11.9 Å². The van der Waals surface area contributed by atoms with Gasteiger partial charge >= 0.3 is 5.69 Å². The molecular weight excluding hydrogens is 289 g/mol. The van der Waals surface area contributed by atoms with E-state index >= 15 is 0 Å². The van der Waals surface area contributed by atoms with Gasteiger partial charge in [0.2, 0.25) is 5.72 Å². The fourth-order valence-electron chi connectivity index (χ4n) is 2.20. The number of halogens is 1. The number of aliphatic hydroxyl groups excluding tert-OH is 2. The Bertz CT molecular complexity index is 708. The summed E-state index contributed by atoms with van der Waals surface area (Å²) < 4.78 is 20.5. The predicted octanol–water partition coefficient (Wildman–Crippen LogP) is -0.847. The molecule has 0 aliphatic carbocycles. The molecule has 1 saturated heterocycles. The van der Waals surface area contributed by atoms with Crippen molar-refractivity contribution in [1.82, 2.24) is 9.55 Å². The Morgan fingerprint density at radius 1 is 1.67 bits per heavy atom. The van der Waals surface area contributed by atoms with Gasteiger partial charge < -0.3 is 14.9 Å². The van der Waals surface area contributed by atoms with Crippen molar-refractivity contribution in [2.45, 2.75) is 30.6 Å². The maximum atomic E-state index is 14.7. The van der Waals surface area contributed by atoms with Gasteiger partial charge in [-0.2, -0.15) is 0 Å². The molecule has 1 unspecified atom stereocenters. The number of H-pyrrole nitrogens is 1. The SMILES string of the molecule is C[C@@]1(F)C(O)[C@](CO)(N=[N+]=[N-])O[C@H]1n1ccc(=O)[nH]c1=O. The summed E-state index contributed by atoms with van der Waals surface area (Å²) in [5, 5.41) is 22.3. The van der Waals surface area contributed by atoms with Crippen molar-refractivity contribution in [3.05, 3.63) is 43.5 Å². The number of nitrogens with zero attached hydrogens (tertiary/aromatic N) is 4. The van der Waals surface area contributed by atoms with Crippen LogP contribution in [0.4, 0.5) is 4.39 Å². The Morgan fingerprint density at radius 2 is 2.33 bits per heavy atom. The molecule has 0 amide bonds. The van der Waals surface area contributed by atoms with E-state index in [1.807, 2.05) is 4.98 Å². The van der Waals surface area contributed by atoms with Crippen molar-refractivity contribution in [2.75, 3.05) is 6.61 Å². The Labute approximate surface area is 116 Å². The second-order valence-electron chi connectivity index (χ2n) is 4.73. The summed E-state index contributed by atoms with van der Waals surface area (Å²) in [6.07, 6.45) is -2.75. The standard InChI is InChI=1S/C10H12FN5O5/c1-9(11)6(19)10(4-17,14-15-12)21-7(9)16-3-2-5(18)13-8(16)20/h2-3,6-7,17,19H,4H2,1H3,(H,13,18,20)/t6?,7-,9-,10-/m1/s1. The smallest absolute Gasteiger partial charge is 0.330 e. The van der Waals surface area contributed by atoms with E-state index in [9.17, 15) is 24.2 Å². The van der Waals surface area contributed by atoms with Crippen molar-refractivity contribution >= 4 is 0 Å². The molecule has 2 rings (SSSR count). The van der Waals surface area contributed by atoms with Gasteiger partial charge in [-0.15, -0.1) is 0 Å². The average Bonchev–Trinajstić information content (AvgIpc) is 2.61. The molecule has 1 aromatic rings. The first-order valence-corrected chi connectivity index (χ1v) is 5.82. The van der Waals surface area contributed by atoms with Gasteiger partial charge in [0.25, 0.3) is 5.56 Å². The molecule has 2 heterocycles. The van der Waals surface area contributed by atoms with Gasteiger partial charge in [-0.05, 0) is 12.5 Å². The zero-order valence-electron chi connectivity index (χ0n) is 10.8. The number of ether oxygens (including phenoxy) is 1. The Hall–Kier alpha value is -2.20. The van der Waals surface area contributed by atoms with Crippen LogP contribution in [-0.4, -0.2) is 43.9 Å². The van der Waals surface area contributed by atoms with E-state index in [4.69, 9.17) is 10.3 Å². The summed E-state index contributed by atoms with van der Waals surface area (Å²) in [6, 6.07) is 0.958. The number of aromatic nitrogens is 2. The fourth-order valence-corrected chi connectivity index (χ4v) is 2.20. The van der Waals surface area contributed by atoms with Crippen molar-refractivity contribution in [3.8, 4) is 0 Å². The Morgan fingerprint density at radius 3 is 2.86 bits per heavy atom. The number of hydrogen-bond donors (Lipinski definition) is 3. The van der Waals surface area contributed by atoms with Crippen LogP contribution in [0.1, 0.15) is 13.2 Å². The Kier molecular flexibility index (Phi) is 3.59. The van der Waals surface area contributed by atoms with E-state index in [0.717, 1.165) is 19.2 Å². The van der Waals surface area contributed by atoms with Gasteiger partial charge in [-0.1, -0.05) is 5.11 Å². The lowest BCUT2D eigenvalue weighted by atomic mass is 9.95. The topological polar surface area (TPSA) is 153 Å². The average molecular weight is 301 g/mol. The number of alkyl halides is 1. The minimum atomic E-state index is -2.56. The van der Waals surface area contributed by atoms with E-state index in [1.165, 1.54) is 0 Å². The maximum Gasteiger partial charge on any atom is 0.330 e. The van der Waals surface area contributed by atoms with Crippen molar-refractivity contribution < 1.29 is 19.3 Å². The summed E-state index contributed by atoms with van der Waals surface area (Å²) in [5.41, 5.74) is 1.99. The normalized spacial score (nSPS) is 35.4. The number of azide groups is 1. The van der Waals surface area contributed by atoms with Crippen LogP contribution in [0.25, 0.3) is 10.4 Å². The van der Waals surface area contributed by atoms with Crippen molar-refractivity contribution in [1.29, 1.82) is 0 Å². The predicted molar refractivity (Wildman–Crippen MR) is 65.9 cm³/mol. The van der Waals surface area contributed by atoms with Crippen LogP contribution in [0.5, 0.6) is 0 Å². The summed E-state index contributed by atoms with van der Waals surface area (Å²) in [7, 11) is 0. The molecule has 4 atom stereocenters. The first kappa shape index (κ1) is 15.2.